The number of rotatable bonds is 7. The Morgan fingerprint density at radius 3 is 2.73 bits per heavy atom. The molecule has 2 aromatic heterocycles. The third kappa shape index (κ3) is 3.38. The summed E-state index contributed by atoms with van der Waals surface area (Å²) >= 11 is 1.30. The standard InChI is InChI=1S/C16H23N3O2S/c1-4-6-8-17-14(20)13-11(3)12-15(22-13)18-10-19(16(12)21)9-7-5-2/h10H,4-9H2,1-3H3,(H,17,20). The Kier molecular flexibility index (Phi) is 5.71. The molecule has 0 fully saturated rings. The van der Waals surface area contributed by atoms with Crippen molar-refractivity contribution in [2.45, 2.75) is 53.0 Å². The molecule has 0 aliphatic carbocycles. The van der Waals surface area contributed by atoms with E-state index >= 15 is 0 Å². The van der Waals surface area contributed by atoms with Crippen molar-refractivity contribution < 1.29 is 4.79 Å². The number of carbonyl (C=O) groups excluding carboxylic acids is 1. The molecule has 2 rings (SSSR count). The molecule has 0 aliphatic rings. The number of fused-ring (bicyclic) bond motifs is 1. The minimum Gasteiger partial charge on any atom is -0.351 e. The Morgan fingerprint density at radius 2 is 2.05 bits per heavy atom. The predicted octanol–water partition coefficient (Wildman–Crippen LogP) is 3.10. The number of hydrogen-bond donors (Lipinski definition) is 1. The molecule has 2 heterocycles. The summed E-state index contributed by atoms with van der Waals surface area (Å²) in [6.07, 6.45) is 5.56. The maximum Gasteiger partial charge on any atom is 0.262 e. The van der Waals surface area contributed by atoms with Crippen LogP contribution in [0.1, 0.15) is 54.8 Å². The highest BCUT2D eigenvalue weighted by Crippen LogP contribution is 2.26. The molecule has 0 spiro atoms. The zero-order valence-corrected chi connectivity index (χ0v) is 14.3. The lowest BCUT2D eigenvalue weighted by molar-refractivity contribution is 0.0957. The van der Waals surface area contributed by atoms with E-state index < -0.39 is 0 Å². The average molecular weight is 321 g/mol. The van der Waals surface area contributed by atoms with E-state index in [1.807, 2.05) is 6.92 Å². The van der Waals surface area contributed by atoms with Gasteiger partial charge < -0.3 is 5.32 Å². The van der Waals surface area contributed by atoms with Crippen LogP contribution < -0.4 is 10.9 Å². The second kappa shape index (κ2) is 7.54. The molecule has 5 nitrogen and oxygen atoms in total. The van der Waals surface area contributed by atoms with Crippen LogP contribution in [0, 0.1) is 6.92 Å². The van der Waals surface area contributed by atoms with Crippen molar-refractivity contribution in [2.75, 3.05) is 6.54 Å². The molecule has 0 aliphatic heterocycles. The lowest BCUT2D eigenvalue weighted by Crippen LogP contribution is -2.24. The highest BCUT2D eigenvalue weighted by atomic mass is 32.1. The van der Waals surface area contributed by atoms with Crippen molar-refractivity contribution in [3.8, 4) is 0 Å². The number of hydrogen-bond acceptors (Lipinski definition) is 4. The van der Waals surface area contributed by atoms with E-state index in [0.29, 0.717) is 28.2 Å². The topological polar surface area (TPSA) is 64.0 Å². The van der Waals surface area contributed by atoms with Crippen LogP contribution in [0.15, 0.2) is 11.1 Å². The number of aromatic nitrogens is 2. The molecular formula is C16H23N3O2S. The minimum absolute atomic E-state index is 0.0418. The van der Waals surface area contributed by atoms with Crippen LogP contribution in [0.3, 0.4) is 0 Å². The molecule has 0 saturated carbocycles. The molecule has 120 valence electrons. The number of thiophene rings is 1. The van der Waals surface area contributed by atoms with Crippen LogP contribution >= 0.6 is 11.3 Å². The van der Waals surface area contributed by atoms with E-state index in [2.05, 4.69) is 24.1 Å². The van der Waals surface area contributed by atoms with Gasteiger partial charge in [-0.3, -0.25) is 14.2 Å². The normalized spacial score (nSPS) is 11.0. The summed E-state index contributed by atoms with van der Waals surface area (Å²) in [5.74, 6) is -0.103. The first-order valence-electron chi connectivity index (χ1n) is 7.86. The van der Waals surface area contributed by atoms with Crippen molar-refractivity contribution in [1.82, 2.24) is 14.9 Å². The van der Waals surface area contributed by atoms with Gasteiger partial charge in [-0.1, -0.05) is 26.7 Å². The highest BCUT2D eigenvalue weighted by molar-refractivity contribution is 7.20. The van der Waals surface area contributed by atoms with E-state index in [4.69, 9.17) is 0 Å². The summed E-state index contributed by atoms with van der Waals surface area (Å²) in [6.45, 7) is 7.34. The molecule has 0 radical (unpaired) electrons. The van der Waals surface area contributed by atoms with E-state index in [9.17, 15) is 9.59 Å². The van der Waals surface area contributed by atoms with Crippen molar-refractivity contribution in [3.05, 3.63) is 27.1 Å². The van der Waals surface area contributed by atoms with Gasteiger partial charge in [-0.15, -0.1) is 11.3 Å². The fourth-order valence-electron chi connectivity index (χ4n) is 2.32. The fraction of sp³-hybridized carbons (Fsp3) is 0.562. The van der Waals surface area contributed by atoms with Gasteiger partial charge in [0.25, 0.3) is 11.5 Å². The number of nitrogens with zero attached hydrogens (tertiary/aromatic N) is 2. The van der Waals surface area contributed by atoms with Gasteiger partial charge in [-0.05, 0) is 25.3 Å². The number of nitrogens with one attached hydrogen (secondary N) is 1. The Morgan fingerprint density at radius 1 is 1.32 bits per heavy atom. The Balaban J connectivity index is 2.35. The summed E-state index contributed by atoms with van der Waals surface area (Å²) in [6, 6.07) is 0. The predicted molar refractivity (Wildman–Crippen MR) is 90.8 cm³/mol. The van der Waals surface area contributed by atoms with Crippen molar-refractivity contribution >= 4 is 27.5 Å². The summed E-state index contributed by atoms with van der Waals surface area (Å²) in [5.41, 5.74) is 0.706. The molecule has 22 heavy (non-hydrogen) atoms. The van der Waals surface area contributed by atoms with E-state index in [1.54, 1.807) is 10.9 Å². The Hall–Kier alpha value is -1.69. The van der Waals surface area contributed by atoms with Gasteiger partial charge >= 0.3 is 0 Å². The van der Waals surface area contributed by atoms with E-state index in [0.717, 1.165) is 31.2 Å². The largest absolute Gasteiger partial charge is 0.351 e. The number of amides is 1. The Labute approximate surface area is 134 Å². The van der Waals surface area contributed by atoms with Crippen molar-refractivity contribution in [1.29, 1.82) is 0 Å². The van der Waals surface area contributed by atoms with Crippen LogP contribution in [0.5, 0.6) is 0 Å². The van der Waals surface area contributed by atoms with E-state index in [-0.39, 0.29) is 11.5 Å². The van der Waals surface area contributed by atoms with E-state index in [1.165, 1.54) is 11.3 Å². The van der Waals surface area contributed by atoms with Gasteiger partial charge in [0, 0.05) is 13.1 Å². The highest BCUT2D eigenvalue weighted by Gasteiger charge is 2.18. The number of aryl methyl sites for hydroxylation is 2. The molecule has 0 aromatic carbocycles. The lowest BCUT2D eigenvalue weighted by Gasteiger charge is -2.04. The number of carbonyl (C=O) groups is 1. The second-order valence-electron chi connectivity index (χ2n) is 5.44. The minimum atomic E-state index is -0.103. The first-order chi connectivity index (χ1) is 10.6. The Bertz CT molecular complexity index is 718. The van der Waals surface area contributed by atoms with Crippen LogP contribution in [-0.4, -0.2) is 22.0 Å². The maximum atomic E-state index is 12.5. The van der Waals surface area contributed by atoms with Crippen molar-refractivity contribution in [3.63, 3.8) is 0 Å². The zero-order chi connectivity index (χ0) is 16.1. The molecule has 1 amide bonds. The van der Waals surface area contributed by atoms with Crippen LogP contribution in [0.4, 0.5) is 0 Å². The SMILES string of the molecule is CCCCNC(=O)c1sc2ncn(CCCC)c(=O)c2c1C. The summed E-state index contributed by atoms with van der Waals surface area (Å²) < 4.78 is 1.64. The first-order valence-corrected chi connectivity index (χ1v) is 8.68. The molecule has 0 saturated heterocycles. The quantitative estimate of drug-likeness (QED) is 0.797. The van der Waals surface area contributed by atoms with Gasteiger partial charge in [0.2, 0.25) is 0 Å². The maximum absolute atomic E-state index is 12.5. The van der Waals surface area contributed by atoms with Crippen LogP contribution in [0.2, 0.25) is 0 Å². The molecule has 6 heteroatoms. The average Bonchev–Trinajstić information content (AvgIpc) is 2.84. The second-order valence-corrected chi connectivity index (χ2v) is 6.44. The molecule has 0 bridgehead atoms. The summed E-state index contributed by atoms with van der Waals surface area (Å²) in [5, 5.41) is 3.49. The van der Waals surface area contributed by atoms with Gasteiger partial charge in [0.15, 0.2) is 0 Å². The molecular weight excluding hydrogens is 298 g/mol. The van der Waals surface area contributed by atoms with Crippen LogP contribution in [0.25, 0.3) is 10.2 Å². The van der Waals surface area contributed by atoms with Gasteiger partial charge in [0.1, 0.15) is 4.83 Å². The van der Waals surface area contributed by atoms with Gasteiger partial charge in [-0.25, -0.2) is 4.98 Å². The molecule has 1 N–H and O–H groups in total. The monoisotopic (exact) mass is 321 g/mol. The molecule has 2 aromatic rings. The molecule has 0 atom stereocenters. The van der Waals surface area contributed by atoms with Crippen LogP contribution in [-0.2, 0) is 6.54 Å². The zero-order valence-electron chi connectivity index (χ0n) is 13.4. The fourth-order valence-corrected chi connectivity index (χ4v) is 3.38. The summed E-state index contributed by atoms with van der Waals surface area (Å²) in [7, 11) is 0. The van der Waals surface area contributed by atoms with Gasteiger partial charge in [0.05, 0.1) is 16.6 Å². The smallest absolute Gasteiger partial charge is 0.262 e. The van der Waals surface area contributed by atoms with Crippen molar-refractivity contribution in [2.24, 2.45) is 0 Å². The van der Waals surface area contributed by atoms with Gasteiger partial charge in [-0.2, -0.15) is 0 Å². The molecule has 0 unspecified atom stereocenters. The first kappa shape index (κ1) is 16.7. The lowest BCUT2D eigenvalue weighted by atomic mass is 10.2. The third-order valence-corrected chi connectivity index (χ3v) is 4.89. The third-order valence-electron chi connectivity index (χ3n) is 3.69. The number of unbranched alkanes of at least 4 members (excludes halogenated alkanes) is 2. The summed E-state index contributed by atoms with van der Waals surface area (Å²) in [4.78, 5) is 30.4.